The molecule has 0 spiro atoms. The number of nitrogens with one attached hydrogen (secondary N) is 1. The first-order chi connectivity index (χ1) is 8.70. The van der Waals surface area contributed by atoms with E-state index in [2.05, 4.69) is 16.6 Å². The largest absolute Gasteiger partial charge is 0.349 e. The highest BCUT2D eigenvalue weighted by Crippen LogP contribution is 2.27. The van der Waals surface area contributed by atoms with Crippen molar-refractivity contribution in [1.82, 2.24) is 10.3 Å². The zero-order valence-corrected chi connectivity index (χ0v) is 11.9. The van der Waals surface area contributed by atoms with Crippen molar-refractivity contribution in [2.24, 2.45) is 0 Å². The average molecular weight is 285 g/mol. The lowest BCUT2D eigenvalue weighted by atomic mass is 9.95. The number of carbonyl (C=O) groups excluding carboxylic acids is 1. The summed E-state index contributed by atoms with van der Waals surface area (Å²) < 4.78 is 0. The third kappa shape index (κ3) is 3.39. The molecule has 2 rings (SSSR count). The fourth-order valence-corrected chi connectivity index (χ4v) is 3.19. The molecule has 1 heterocycles. The van der Waals surface area contributed by atoms with E-state index in [1.165, 1.54) is 19.0 Å². The molecule has 18 heavy (non-hydrogen) atoms. The van der Waals surface area contributed by atoms with Crippen LogP contribution in [0.2, 0.25) is 5.02 Å². The van der Waals surface area contributed by atoms with Gasteiger partial charge < -0.3 is 5.32 Å². The monoisotopic (exact) mass is 284 g/mol. The molecule has 1 aromatic rings. The van der Waals surface area contributed by atoms with Crippen LogP contribution in [0.3, 0.4) is 0 Å². The predicted molar refractivity (Wildman–Crippen MR) is 76.3 cm³/mol. The van der Waals surface area contributed by atoms with Gasteiger partial charge in [-0.15, -0.1) is 0 Å². The Hall–Kier alpha value is -0.740. The van der Waals surface area contributed by atoms with Crippen molar-refractivity contribution >= 4 is 29.3 Å². The van der Waals surface area contributed by atoms with Crippen molar-refractivity contribution in [1.29, 1.82) is 0 Å². The number of hydrogen-bond acceptors (Lipinski definition) is 3. The van der Waals surface area contributed by atoms with Crippen LogP contribution in [0.1, 0.15) is 36.0 Å². The summed E-state index contributed by atoms with van der Waals surface area (Å²) in [6.07, 6.45) is 9.71. The molecule has 3 nitrogen and oxygen atoms in total. The van der Waals surface area contributed by atoms with Crippen LogP contribution in [0.15, 0.2) is 18.5 Å². The SMILES string of the molecule is CSC1CCC(NC(=O)c2cnccc2Cl)CC1. The molecule has 0 aliphatic heterocycles. The Balaban J connectivity index is 1.91. The Morgan fingerprint density at radius 3 is 2.78 bits per heavy atom. The molecular weight excluding hydrogens is 268 g/mol. The van der Waals surface area contributed by atoms with Crippen molar-refractivity contribution in [3.8, 4) is 0 Å². The van der Waals surface area contributed by atoms with Gasteiger partial charge >= 0.3 is 0 Å². The number of aromatic nitrogens is 1. The summed E-state index contributed by atoms with van der Waals surface area (Å²) >= 11 is 7.90. The quantitative estimate of drug-likeness (QED) is 0.927. The van der Waals surface area contributed by atoms with Crippen LogP contribution in [-0.2, 0) is 0 Å². The van der Waals surface area contributed by atoms with Crippen LogP contribution in [0.5, 0.6) is 0 Å². The molecule has 0 saturated heterocycles. The second-order valence-electron chi connectivity index (χ2n) is 4.54. The maximum absolute atomic E-state index is 12.0. The van der Waals surface area contributed by atoms with E-state index in [0.717, 1.165) is 18.1 Å². The van der Waals surface area contributed by atoms with Crippen molar-refractivity contribution in [3.05, 3.63) is 29.0 Å². The Labute approximate surface area is 117 Å². The van der Waals surface area contributed by atoms with Gasteiger partial charge in [0.1, 0.15) is 0 Å². The van der Waals surface area contributed by atoms with Crippen LogP contribution in [0.4, 0.5) is 0 Å². The van der Waals surface area contributed by atoms with Gasteiger partial charge in [-0.05, 0) is 38.0 Å². The molecule has 1 aliphatic rings. The molecule has 1 N–H and O–H groups in total. The third-order valence-electron chi connectivity index (χ3n) is 3.36. The Morgan fingerprint density at radius 1 is 1.44 bits per heavy atom. The third-order valence-corrected chi connectivity index (χ3v) is 4.82. The summed E-state index contributed by atoms with van der Waals surface area (Å²) in [5.74, 6) is -0.110. The van der Waals surface area contributed by atoms with Crippen molar-refractivity contribution < 1.29 is 4.79 Å². The van der Waals surface area contributed by atoms with E-state index in [9.17, 15) is 4.79 Å². The van der Waals surface area contributed by atoms with E-state index in [1.54, 1.807) is 12.3 Å². The highest BCUT2D eigenvalue weighted by Gasteiger charge is 2.22. The van der Waals surface area contributed by atoms with Gasteiger partial charge in [0.15, 0.2) is 0 Å². The van der Waals surface area contributed by atoms with E-state index < -0.39 is 0 Å². The van der Waals surface area contributed by atoms with Gasteiger partial charge in [-0.25, -0.2) is 0 Å². The number of hydrogen-bond donors (Lipinski definition) is 1. The minimum Gasteiger partial charge on any atom is -0.349 e. The molecule has 1 saturated carbocycles. The predicted octanol–water partition coefficient (Wildman–Crippen LogP) is 3.14. The summed E-state index contributed by atoms with van der Waals surface area (Å²) in [6, 6.07) is 1.92. The zero-order valence-electron chi connectivity index (χ0n) is 10.4. The second-order valence-corrected chi connectivity index (χ2v) is 6.08. The number of amides is 1. The van der Waals surface area contributed by atoms with Crippen molar-refractivity contribution in [2.75, 3.05) is 6.26 Å². The van der Waals surface area contributed by atoms with E-state index >= 15 is 0 Å². The van der Waals surface area contributed by atoms with Crippen LogP contribution in [-0.4, -0.2) is 28.4 Å². The highest BCUT2D eigenvalue weighted by atomic mass is 35.5. The molecule has 0 radical (unpaired) electrons. The van der Waals surface area contributed by atoms with E-state index in [0.29, 0.717) is 10.6 Å². The maximum atomic E-state index is 12.0. The van der Waals surface area contributed by atoms with Crippen LogP contribution < -0.4 is 5.32 Å². The van der Waals surface area contributed by atoms with Gasteiger partial charge in [0.2, 0.25) is 0 Å². The fraction of sp³-hybridized carbons (Fsp3) is 0.538. The molecule has 1 fully saturated rings. The molecule has 5 heteroatoms. The molecule has 1 amide bonds. The molecule has 0 unspecified atom stereocenters. The highest BCUT2D eigenvalue weighted by molar-refractivity contribution is 7.99. The van der Waals surface area contributed by atoms with Crippen molar-refractivity contribution in [2.45, 2.75) is 37.0 Å². The second kappa shape index (κ2) is 6.43. The first kappa shape index (κ1) is 13.7. The van der Waals surface area contributed by atoms with Crippen LogP contribution in [0.25, 0.3) is 0 Å². The fourth-order valence-electron chi connectivity index (χ4n) is 2.25. The zero-order chi connectivity index (χ0) is 13.0. The van der Waals surface area contributed by atoms with Gasteiger partial charge in [0.05, 0.1) is 10.6 Å². The molecule has 0 atom stereocenters. The van der Waals surface area contributed by atoms with Gasteiger partial charge in [-0.1, -0.05) is 11.6 Å². The van der Waals surface area contributed by atoms with E-state index in [4.69, 9.17) is 11.6 Å². The first-order valence-corrected chi connectivity index (χ1v) is 7.80. The number of thioether (sulfide) groups is 1. The lowest BCUT2D eigenvalue weighted by Gasteiger charge is -2.28. The minimum absolute atomic E-state index is 0.110. The summed E-state index contributed by atoms with van der Waals surface area (Å²) in [5, 5.41) is 4.26. The number of pyridine rings is 1. The normalized spacial score (nSPS) is 23.7. The molecule has 0 bridgehead atoms. The van der Waals surface area contributed by atoms with E-state index in [1.807, 2.05) is 11.8 Å². The Bertz CT molecular complexity index is 419. The lowest BCUT2D eigenvalue weighted by Crippen LogP contribution is -2.38. The molecular formula is C13H17ClN2OS. The number of halogens is 1. The summed E-state index contributed by atoms with van der Waals surface area (Å²) in [5.41, 5.74) is 0.464. The van der Waals surface area contributed by atoms with Crippen LogP contribution >= 0.6 is 23.4 Å². The maximum Gasteiger partial charge on any atom is 0.254 e. The molecule has 0 aromatic carbocycles. The number of rotatable bonds is 3. The minimum atomic E-state index is -0.110. The molecule has 1 aromatic heterocycles. The summed E-state index contributed by atoms with van der Waals surface area (Å²) in [6.45, 7) is 0. The van der Waals surface area contributed by atoms with E-state index in [-0.39, 0.29) is 11.9 Å². The summed E-state index contributed by atoms with van der Waals surface area (Å²) in [7, 11) is 0. The summed E-state index contributed by atoms with van der Waals surface area (Å²) in [4.78, 5) is 16.0. The molecule has 1 aliphatic carbocycles. The van der Waals surface area contributed by atoms with Crippen molar-refractivity contribution in [3.63, 3.8) is 0 Å². The smallest absolute Gasteiger partial charge is 0.254 e. The standard InChI is InChI=1S/C13H17ClN2OS/c1-18-10-4-2-9(3-5-10)16-13(17)11-8-15-7-6-12(11)14/h6-10H,2-5H2,1H3,(H,16,17). The lowest BCUT2D eigenvalue weighted by molar-refractivity contribution is 0.0928. The Kier molecular flexibility index (Phi) is 4.89. The average Bonchev–Trinajstić information content (AvgIpc) is 2.40. The van der Waals surface area contributed by atoms with Gasteiger partial charge in [0, 0.05) is 23.7 Å². The first-order valence-electron chi connectivity index (χ1n) is 6.14. The van der Waals surface area contributed by atoms with Gasteiger partial charge in [-0.3, -0.25) is 9.78 Å². The van der Waals surface area contributed by atoms with Crippen LogP contribution in [0, 0.1) is 0 Å². The van der Waals surface area contributed by atoms with Gasteiger partial charge in [-0.2, -0.15) is 11.8 Å². The number of carbonyl (C=O) groups is 1. The topological polar surface area (TPSA) is 42.0 Å². The molecule has 98 valence electrons. The number of nitrogens with zero attached hydrogens (tertiary/aromatic N) is 1. The van der Waals surface area contributed by atoms with Gasteiger partial charge in [0.25, 0.3) is 5.91 Å². The Morgan fingerprint density at radius 2 is 2.17 bits per heavy atom.